The molecule has 4 rings (SSSR count). The van der Waals surface area contributed by atoms with Crippen LogP contribution < -0.4 is 9.62 Å². The Balaban J connectivity index is 1.74. The van der Waals surface area contributed by atoms with E-state index in [0.29, 0.717) is 23.7 Å². The van der Waals surface area contributed by atoms with Crippen molar-refractivity contribution in [2.24, 2.45) is 0 Å². The fourth-order valence-corrected chi connectivity index (χ4v) is 4.90. The van der Waals surface area contributed by atoms with Crippen molar-refractivity contribution in [1.82, 2.24) is 14.8 Å². The van der Waals surface area contributed by atoms with Gasteiger partial charge in [0.05, 0.1) is 21.8 Å². The molecule has 0 spiro atoms. The molecule has 1 amide bonds. The van der Waals surface area contributed by atoms with E-state index in [2.05, 4.69) is 14.8 Å². The summed E-state index contributed by atoms with van der Waals surface area (Å²) in [5.41, 5.74) is 0.0440. The summed E-state index contributed by atoms with van der Waals surface area (Å²) in [7, 11) is -4.25. The van der Waals surface area contributed by atoms with E-state index in [1.165, 1.54) is 37.8 Å². The monoisotopic (exact) mass is 465 g/mol. The van der Waals surface area contributed by atoms with Crippen molar-refractivity contribution in [1.29, 1.82) is 0 Å². The van der Waals surface area contributed by atoms with Gasteiger partial charge in [0.15, 0.2) is 0 Å². The third kappa shape index (κ3) is 3.93. The Bertz CT molecular complexity index is 1290. The molecule has 3 aromatic rings. The molecule has 12 heteroatoms. The maximum Gasteiger partial charge on any atom is 0.416 e. The molecular formula is C20H18F3N5O3S. The van der Waals surface area contributed by atoms with Gasteiger partial charge < -0.3 is 4.90 Å². The number of fused-ring (bicyclic) bond motifs is 1. The molecule has 8 nitrogen and oxygen atoms in total. The Kier molecular flexibility index (Phi) is 5.19. The van der Waals surface area contributed by atoms with Gasteiger partial charge in [0.25, 0.3) is 10.0 Å². The minimum absolute atomic E-state index is 0.0802. The molecule has 1 N–H and O–H groups in total. The van der Waals surface area contributed by atoms with E-state index in [1.807, 2.05) is 6.92 Å². The smallest absolute Gasteiger partial charge is 0.309 e. The maximum absolute atomic E-state index is 13.2. The van der Waals surface area contributed by atoms with Crippen molar-refractivity contribution < 1.29 is 26.4 Å². The Morgan fingerprint density at radius 1 is 1.16 bits per heavy atom. The molecule has 0 fully saturated rings. The number of rotatable bonds is 4. The molecule has 2 heterocycles. The van der Waals surface area contributed by atoms with E-state index in [1.54, 1.807) is 4.90 Å². The average Bonchev–Trinajstić information content (AvgIpc) is 3.33. The number of carbonyl (C=O) groups is 1. The number of alkyl halides is 3. The van der Waals surface area contributed by atoms with Crippen LogP contribution in [0.4, 0.5) is 24.5 Å². The topological polar surface area (TPSA) is 97.2 Å². The summed E-state index contributed by atoms with van der Waals surface area (Å²) < 4.78 is 69.3. The van der Waals surface area contributed by atoms with E-state index in [0.717, 1.165) is 16.8 Å². The first-order valence-electron chi connectivity index (χ1n) is 9.49. The number of nitrogens with one attached hydrogen (secondary N) is 1. The molecule has 0 saturated carbocycles. The van der Waals surface area contributed by atoms with Crippen molar-refractivity contribution in [2.75, 3.05) is 9.62 Å². The number of nitrogens with zero attached hydrogens (tertiary/aromatic N) is 4. The van der Waals surface area contributed by atoms with Crippen LogP contribution in [0, 0.1) is 0 Å². The van der Waals surface area contributed by atoms with Gasteiger partial charge in [-0.05, 0) is 55.3 Å². The van der Waals surface area contributed by atoms with Gasteiger partial charge >= 0.3 is 6.18 Å². The molecule has 1 atom stereocenters. The second-order valence-electron chi connectivity index (χ2n) is 7.41. The second kappa shape index (κ2) is 7.62. The number of sulfonamides is 1. The van der Waals surface area contributed by atoms with Gasteiger partial charge in [0.1, 0.15) is 12.7 Å². The molecule has 1 aliphatic heterocycles. The molecule has 1 aromatic heterocycles. The van der Waals surface area contributed by atoms with Crippen LogP contribution in [0.5, 0.6) is 0 Å². The van der Waals surface area contributed by atoms with Gasteiger partial charge in [-0.15, -0.1) is 0 Å². The van der Waals surface area contributed by atoms with Gasteiger partial charge in [-0.2, -0.15) is 18.3 Å². The minimum Gasteiger partial charge on any atom is -0.309 e. The fraction of sp³-hybridized carbons (Fsp3) is 0.250. The quantitative estimate of drug-likeness (QED) is 0.637. The lowest BCUT2D eigenvalue weighted by atomic mass is 10.1. The summed E-state index contributed by atoms with van der Waals surface area (Å²) in [5.74, 6) is -0.161. The van der Waals surface area contributed by atoms with Crippen LogP contribution in [-0.4, -0.2) is 35.1 Å². The first-order chi connectivity index (χ1) is 15.0. The van der Waals surface area contributed by atoms with Crippen LogP contribution in [0.15, 0.2) is 53.9 Å². The van der Waals surface area contributed by atoms with Crippen LogP contribution in [0.3, 0.4) is 0 Å². The third-order valence-electron chi connectivity index (χ3n) is 5.15. The standard InChI is InChI=1S/C20H18F3N5O3S/c1-12-7-14-8-16(4-6-18(14)28(12)13(2)29)32(30,31)26-17-9-15(20(21,22)23)3-5-19(17)27-11-24-10-25-27/h3-6,8-12,26H,7H2,1-2H3/t12-/m0/s1. The van der Waals surface area contributed by atoms with Crippen LogP contribution >= 0.6 is 0 Å². The Morgan fingerprint density at radius 2 is 1.88 bits per heavy atom. The number of hydrogen-bond donors (Lipinski definition) is 1. The van der Waals surface area contributed by atoms with Gasteiger partial charge in [0.2, 0.25) is 5.91 Å². The summed E-state index contributed by atoms with van der Waals surface area (Å²) in [6.45, 7) is 3.28. The lowest BCUT2D eigenvalue weighted by Crippen LogP contribution is -2.33. The van der Waals surface area contributed by atoms with Gasteiger partial charge in [0, 0.05) is 18.7 Å². The number of benzene rings is 2. The van der Waals surface area contributed by atoms with Crippen LogP contribution in [-0.2, 0) is 27.4 Å². The van der Waals surface area contributed by atoms with Crippen molar-refractivity contribution >= 4 is 27.3 Å². The predicted molar refractivity (Wildman–Crippen MR) is 110 cm³/mol. The maximum atomic E-state index is 13.2. The fourth-order valence-electron chi connectivity index (χ4n) is 3.78. The first kappa shape index (κ1) is 21.8. The SMILES string of the molecule is CC(=O)N1c2ccc(S(=O)(=O)Nc3cc(C(F)(F)F)ccc3-n3cncn3)cc2C[C@@H]1C. The Labute approximate surface area is 181 Å². The van der Waals surface area contributed by atoms with E-state index >= 15 is 0 Å². The van der Waals surface area contributed by atoms with E-state index < -0.39 is 21.8 Å². The van der Waals surface area contributed by atoms with Crippen molar-refractivity contribution in [3.63, 3.8) is 0 Å². The molecule has 0 unspecified atom stereocenters. The van der Waals surface area contributed by atoms with E-state index in [-0.39, 0.29) is 28.2 Å². The van der Waals surface area contributed by atoms with Crippen LogP contribution in [0.25, 0.3) is 5.69 Å². The zero-order valence-corrected chi connectivity index (χ0v) is 17.8. The highest BCUT2D eigenvalue weighted by molar-refractivity contribution is 7.92. The molecule has 2 aromatic carbocycles. The van der Waals surface area contributed by atoms with Crippen LogP contribution in [0.1, 0.15) is 25.0 Å². The number of hydrogen-bond acceptors (Lipinski definition) is 5. The molecular weight excluding hydrogens is 447 g/mol. The second-order valence-corrected chi connectivity index (χ2v) is 9.09. The number of carbonyl (C=O) groups excluding carboxylic acids is 1. The highest BCUT2D eigenvalue weighted by atomic mass is 32.2. The van der Waals surface area contributed by atoms with Gasteiger partial charge in [-0.3, -0.25) is 9.52 Å². The zero-order chi connectivity index (χ0) is 23.3. The summed E-state index contributed by atoms with van der Waals surface area (Å²) >= 11 is 0. The molecule has 0 bridgehead atoms. The number of halogens is 3. The van der Waals surface area contributed by atoms with Crippen molar-refractivity contribution in [2.45, 2.75) is 37.4 Å². The number of aromatic nitrogens is 3. The first-order valence-corrected chi connectivity index (χ1v) is 11.0. The molecule has 168 valence electrons. The van der Waals surface area contributed by atoms with Crippen molar-refractivity contribution in [3.8, 4) is 5.69 Å². The number of anilines is 2. The highest BCUT2D eigenvalue weighted by Crippen LogP contribution is 2.36. The van der Waals surface area contributed by atoms with Crippen LogP contribution in [0.2, 0.25) is 0 Å². The molecule has 0 aliphatic carbocycles. The molecule has 0 radical (unpaired) electrons. The highest BCUT2D eigenvalue weighted by Gasteiger charge is 2.33. The van der Waals surface area contributed by atoms with Gasteiger partial charge in [-0.1, -0.05) is 0 Å². The summed E-state index contributed by atoms with van der Waals surface area (Å²) in [6, 6.07) is 6.81. The normalized spacial score (nSPS) is 16.2. The van der Waals surface area contributed by atoms with E-state index in [9.17, 15) is 26.4 Å². The van der Waals surface area contributed by atoms with Crippen molar-refractivity contribution in [3.05, 3.63) is 60.2 Å². The predicted octanol–water partition coefficient (Wildman–Crippen LogP) is 3.38. The molecule has 32 heavy (non-hydrogen) atoms. The summed E-state index contributed by atoms with van der Waals surface area (Å²) in [5, 5.41) is 3.87. The zero-order valence-electron chi connectivity index (χ0n) is 17.0. The molecule has 1 aliphatic rings. The molecule has 0 saturated heterocycles. The Hall–Kier alpha value is -3.41. The largest absolute Gasteiger partial charge is 0.416 e. The lowest BCUT2D eigenvalue weighted by molar-refractivity contribution is -0.137. The average molecular weight is 465 g/mol. The van der Waals surface area contributed by atoms with E-state index in [4.69, 9.17) is 0 Å². The Morgan fingerprint density at radius 3 is 2.50 bits per heavy atom. The summed E-state index contributed by atoms with van der Waals surface area (Å²) in [6.07, 6.45) is -1.78. The number of amides is 1. The minimum atomic E-state index is -4.67. The summed E-state index contributed by atoms with van der Waals surface area (Å²) in [4.78, 5) is 17.1. The lowest BCUT2D eigenvalue weighted by Gasteiger charge is -2.20. The third-order valence-corrected chi connectivity index (χ3v) is 6.51. The van der Waals surface area contributed by atoms with Gasteiger partial charge in [-0.25, -0.2) is 18.1 Å².